The molecule has 0 spiro atoms. The van der Waals surface area contributed by atoms with E-state index in [2.05, 4.69) is 9.44 Å². The topological polar surface area (TPSA) is 63.9 Å². The van der Waals surface area contributed by atoms with Crippen LogP contribution in [0.4, 0.5) is 0 Å². The molecule has 1 heterocycles. The average Bonchev–Trinajstić information content (AvgIpc) is 1.65. The molecule has 2 N–H and O–H groups in total. The van der Waals surface area contributed by atoms with Crippen LogP contribution in [0, 0.1) is 0 Å². The molecule has 0 aromatic heterocycles. The predicted octanol–water partition coefficient (Wildman–Crippen LogP) is -0.105. The van der Waals surface area contributed by atoms with Crippen molar-refractivity contribution < 1.29 is 9.11 Å². The van der Waals surface area contributed by atoms with Crippen molar-refractivity contribution in [3.63, 3.8) is 0 Å². The summed E-state index contributed by atoms with van der Waals surface area (Å²) in [5.41, 5.74) is 0. The van der Waals surface area contributed by atoms with Crippen LogP contribution < -0.4 is 9.44 Å². The van der Waals surface area contributed by atoms with E-state index < -0.39 is 11.0 Å². The van der Waals surface area contributed by atoms with Gasteiger partial charge in [0.2, 0.25) is 0 Å². The second-order valence-corrected chi connectivity index (χ2v) is 3.23. The summed E-state index contributed by atoms with van der Waals surface area (Å²) >= 11 is 0. The number of hydrogen-bond acceptors (Lipinski definition) is 2. The molecular weight excluding hydrogens is 128 g/mol. The van der Waals surface area contributed by atoms with Gasteiger partial charge in [0.25, 0.3) is 0 Å². The fourth-order valence-electron chi connectivity index (χ4n) is 0.552. The molecule has 8 heavy (non-hydrogen) atoms. The van der Waals surface area contributed by atoms with E-state index in [1.807, 2.05) is 0 Å². The van der Waals surface area contributed by atoms with Crippen molar-refractivity contribution in [2.24, 2.45) is 0 Å². The predicted molar refractivity (Wildman–Crippen MR) is 29.6 cm³/mol. The Morgan fingerprint density at radius 3 is 1.88 bits per heavy atom. The quantitative estimate of drug-likeness (QED) is 0.488. The highest BCUT2D eigenvalue weighted by Gasteiger charge is 2.17. The molecule has 1 aliphatic heterocycles. The Morgan fingerprint density at radius 2 is 1.62 bits per heavy atom. The van der Waals surface area contributed by atoms with Gasteiger partial charge in [-0.15, -0.1) is 0 Å². The van der Waals surface area contributed by atoms with Crippen molar-refractivity contribution >= 4 is 11.0 Å². The van der Waals surface area contributed by atoms with Gasteiger partial charge in [-0.2, -0.15) is 0 Å². The molecule has 1 saturated heterocycles. The zero-order chi connectivity index (χ0) is 6.04. The molecule has 1 aliphatic rings. The number of rotatable bonds is 0. The van der Waals surface area contributed by atoms with Crippen LogP contribution in [0.15, 0.2) is 0 Å². The maximum absolute atomic E-state index is 10.4. The van der Waals surface area contributed by atoms with Crippen molar-refractivity contribution in [2.45, 2.75) is 6.42 Å². The second kappa shape index (κ2) is 2.20. The zero-order valence-electron chi connectivity index (χ0n) is 4.35. The average molecular weight is 136 g/mol. The van der Waals surface area contributed by atoms with Gasteiger partial charge >= 0.3 is 0 Å². The van der Waals surface area contributed by atoms with Crippen LogP contribution in [-0.4, -0.2) is 13.1 Å². The second-order valence-electron chi connectivity index (χ2n) is 1.65. The van der Waals surface area contributed by atoms with Gasteiger partial charge in [0.05, 0.1) is 0 Å². The molecule has 4 nitrogen and oxygen atoms in total. The van der Waals surface area contributed by atoms with E-state index in [0.717, 1.165) is 6.42 Å². The molecule has 0 aromatic rings. The van der Waals surface area contributed by atoms with Gasteiger partial charge in [-0.25, -0.2) is 9.44 Å². The summed E-state index contributed by atoms with van der Waals surface area (Å²) in [6.45, 7) is 1.13. The molecule has 0 aromatic carbocycles. The maximum atomic E-state index is 10.4. The fourth-order valence-corrected chi connectivity index (χ4v) is 1.48. The Kier molecular flexibility index (Phi) is 1.74. The summed E-state index contributed by atoms with van der Waals surface area (Å²) in [5.74, 6) is 0. The number of hydrogen-bond donors (Lipinski definition) is 2. The lowest BCUT2D eigenvalue weighted by atomic mass is 10.4. The minimum atomic E-state index is -3.08. The molecule has 2 radical (unpaired) electrons. The largest absolute Gasteiger partial charge is 0.200 e. The lowest BCUT2D eigenvalue weighted by Crippen LogP contribution is -2.37. The van der Waals surface area contributed by atoms with E-state index in [9.17, 15) is 9.11 Å². The monoisotopic (exact) mass is 136 g/mol. The Labute approximate surface area is 49.9 Å². The third-order valence-electron chi connectivity index (χ3n) is 0.938. The van der Waals surface area contributed by atoms with Crippen molar-refractivity contribution in [3.8, 4) is 0 Å². The molecule has 0 atom stereocenters. The van der Waals surface area contributed by atoms with Gasteiger partial charge in [-0.3, -0.25) is 0 Å². The molecule has 0 saturated carbocycles. The third-order valence-corrected chi connectivity index (χ3v) is 2.11. The van der Waals surface area contributed by atoms with E-state index in [4.69, 9.17) is 0 Å². The first-order valence-corrected chi connectivity index (χ1v) is 3.93. The Balaban J connectivity index is 2.33. The highest BCUT2D eigenvalue weighted by Crippen LogP contribution is 2.31. The SMILES string of the molecule is [O]S1([O])NCCCN1. The van der Waals surface area contributed by atoms with Gasteiger partial charge in [0.15, 0.2) is 0 Å². The molecular formula is C3H8N2O2S. The standard InChI is InChI=1S/C3H8N2O2S/c6-8(7)4-2-1-3-5-8/h4-5H,1-3H2. The molecule has 0 unspecified atom stereocenters. The normalized spacial score (nSPS) is 31.8. The van der Waals surface area contributed by atoms with Crippen molar-refractivity contribution in [2.75, 3.05) is 13.1 Å². The van der Waals surface area contributed by atoms with E-state index in [-0.39, 0.29) is 0 Å². The van der Waals surface area contributed by atoms with Gasteiger partial charge in [-0.1, -0.05) is 9.11 Å². The van der Waals surface area contributed by atoms with Crippen LogP contribution in [-0.2, 0) is 9.11 Å². The zero-order valence-corrected chi connectivity index (χ0v) is 5.16. The van der Waals surface area contributed by atoms with Crippen LogP contribution in [0.3, 0.4) is 0 Å². The summed E-state index contributed by atoms with van der Waals surface area (Å²) in [6, 6.07) is 0. The summed E-state index contributed by atoms with van der Waals surface area (Å²) < 4.78 is 25.5. The first-order chi connectivity index (χ1) is 3.71. The lowest BCUT2D eigenvalue weighted by molar-refractivity contribution is 0.329. The van der Waals surface area contributed by atoms with Crippen LogP contribution >= 0.6 is 11.0 Å². The smallest absolute Gasteiger partial charge is 0.0175 e. The van der Waals surface area contributed by atoms with Crippen LogP contribution in [0.2, 0.25) is 0 Å². The van der Waals surface area contributed by atoms with Crippen LogP contribution in [0.25, 0.3) is 0 Å². The molecule has 0 aliphatic carbocycles. The van der Waals surface area contributed by atoms with Crippen molar-refractivity contribution in [1.29, 1.82) is 0 Å². The van der Waals surface area contributed by atoms with Crippen LogP contribution in [0.5, 0.6) is 0 Å². The molecule has 5 heteroatoms. The summed E-state index contributed by atoms with van der Waals surface area (Å²) in [6.07, 6.45) is 0.874. The van der Waals surface area contributed by atoms with E-state index in [1.54, 1.807) is 0 Å². The van der Waals surface area contributed by atoms with Crippen molar-refractivity contribution in [3.05, 3.63) is 0 Å². The van der Waals surface area contributed by atoms with Gasteiger partial charge in [-0.05, 0) is 17.4 Å². The van der Waals surface area contributed by atoms with Gasteiger partial charge in [0, 0.05) is 13.1 Å². The summed E-state index contributed by atoms with van der Waals surface area (Å²) in [5, 5.41) is 0. The van der Waals surface area contributed by atoms with E-state index in [1.165, 1.54) is 0 Å². The molecule has 1 rings (SSSR count). The molecule has 0 bridgehead atoms. The highest BCUT2D eigenvalue weighted by atomic mass is 32.3. The third kappa shape index (κ3) is 1.61. The summed E-state index contributed by atoms with van der Waals surface area (Å²) in [4.78, 5) is 0. The first kappa shape index (κ1) is 6.31. The Hall–Kier alpha value is 0.190. The highest BCUT2D eigenvalue weighted by molar-refractivity contribution is 8.20. The molecule has 1 fully saturated rings. The van der Waals surface area contributed by atoms with Crippen LogP contribution in [0.1, 0.15) is 6.42 Å². The minimum absolute atomic E-state index is 0.565. The van der Waals surface area contributed by atoms with E-state index in [0.29, 0.717) is 13.1 Å². The Morgan fingerprint density at radius 1 is 1.12 bits per heavy atom. The minimum Gasteiger partial charge on any atom is -0.200 e. The fraction of sp³-hybridized carbons (Fsp3) is 1.00. The van der Waals surface area contributed by atoms with E-state index >= 15 is 0 Å². The Bertz CT molecular complexity index is 79.4. The lowest BCUT2D eigenvalue weighted by Gasteiger charge is -2.31. The van der Waals surface area contributed by atoms with Gasteiger partial charge in [0.1, 0.15) is 0 Å². The molecule has 0 amide bonds. The maximum Gasteiger partial charge on any atom is 0.0175 e. The van der Waals surface area contributed by atoms with Gasteiger partial charge < -0.3 is 0 Å². The number of nitrogens with one attached hydrogen (secondary N) is 2. The summed E-state index contributed by atoms with van der Waals surface area (Å²) in [7, 11) is -3.08. The molecule has 48 valence electrons. The first-order valence-electron chi connectivity index (χ1n) is 2.45. The van der Waals surface area contributed by atoms with Crippen molar-refractivity contribution in [1.82, 2.24) is 9.44 Å².